The first-order chi connectivity index (χ1) is 14.4. The van der Waals surface area contributed by atoms with E-state index in [1.165, 1.54) is 21.9 Å². The van der Waals surface area contributed by atoms with Crippen molar-refractivity contribution in [3.05, 3.63) is 71.7 Å². The maximum atomic E-state index is 13.3. The van der Waals surface area contributed by atoms with Crippen molar-refractivity contribution in [3.8, 4) is 0 Å². The van der Waals surface area contributed by atoms with Crippen molar-refractivity contribution in [2.45, 2.75) is 26.1 Å². The summed E-state index contributed by atoms with van der Waals surface area (Å²) >= 11 is 0. The van der Waals surface area contributed by atoms with Crippen LogP contribution in [0.25, 0.3) is 0 Å². The second-order valence-electron chi connectivity index (χ2n) is 7.41. The van der Waals surface area contributed by atoms with Gasteiger partial charge in [0.05, 0.1) is 12.8 Å². The van der Waals surface area contributed by atoms with Crippen molar-refractivity contribution in [2.24, 2.45) is 4.99 Å². The molecule has 9 heteroatoms. The van der Waals surface area contributed by atoms with E-state index < -0.39 is 12.1 Å². The number of carbonyl (C=O) groups excluding carboxylic acids is 2. The first-order valence-electron chi connectivity index (χ1n) is 9.50. The van der Waals surface area contributed by atoms with Crippen LogP contribution >= 0.6 is 0 Å². The molecule has 3 aromatic rings. The summed E-state index contributed by atoms with van der Waals surface area (Å²) in [5, 5.41) is 0. The average molecular weight is 408 g/mol. The zero-order chi connectivity index (χ0) is 21.0. The lowest BCUT2D eigenvalue weighted by Crippen LogP contribution is -2.62. The number of halogens is 1. The molecule has 3 amide bonds. The molecule has 0 spiro atoms. The molecule has 1 unspecified atom stereocenters. The lowest BCUT2D eigenvalue weighted by molar-refractivity contribution is -0.677. The molecule has 0 N–H and O–H groups in total. The second kappa shape index (κ2) is 6.65. The van der Waals surface area contributed by atoms with E-state index in [2.05, 4.69) is 4.99 Å². The van der Waals surface area contributed by atoms with Gasteiger partial charge in [0, 0.05) is 7.05 Å². The molecule has 1 fully saturated rings. The Morgan fingerprint density at radius 3 is 2.63 bits per heavy atom. The molecular weight excluding hydrogens is 389 g/mol. The van der Waals surface area contributed by atoms with E-state index in [0.717, 1.165) is 11.5 Å². The number of nitrogens with zero attached hydrogens (tertiary/aromatic N) is 5. The topological polar surface area (TPSA) is 74.9 Å². The SMILES string of the molecule is Cc1c[n+]2c(n1Cc1ccco1)N=C1C2C(=O)N(Cc2ccc(F)cc2)C(=O)N1C. The van der Waals surface area contributed by atoms with Crippen LogP contribution in [0.15, 0.2) is 58.3 Å². The molecule has 30 heavy (non-hydrogen) atoms. The molecule has 2 aliphatic rings. The average Bonchev–Trinajstić information content (AvgIpc) is 3.43. The third kappa shape index (κ3) is 2.73. The van der Waals surface area contributed by atoms with Gasteiger partial charge in [-0.2, -0.15) is 0 Å². The number of amidine groups is 1. The minimum absolute atomic E-state index is 0.0635. The van der Waals surface area contributed by atoms with E-state index in [4.69, 9.17) is 4.42 Å². The number of imidazole rings is 1. The molecule has 0 radical (unpaired) electrons. The first-order valence-corrected chi connectivity index (χ1v) is 9.50. The number of amides is 3. The van der Waals surface area contributed by atoms with E-state index in [-0.39, 0.29) is 18.3 Å². The highest BCUT2D eigenvalue weighted by Gasteiger charge is 2.53. The molecule has 0 bridgehead atoms. The Kier molecular flexibility index (Phi) is 4.05. The van der Waals surface area contributed by atoms with E-state index in [9.17, 15) is 14.0 Å². The summed E-state index contributed by atoms with van der Waals surface area (Å²) in [6, 6.07) is 8.26. The second-order valence-corrected chi connectivity index (χ2v) is 7.41. The summed E-state index contributed by atoms with van der Waals surface area (Å²) < 4.78 is 22.4. The zero-order valence-corrected chi connectivity index (χ0v) is 16.4. The fourth-order valence-electron chi connectivity index (χ4n) is 3.90. The number of aryl methyl sites for hydroxylation is 1. The molecule has 1 saturated heterocycles. The number of furan rings is 1. The number of rotatable bonds is 4. The van der Waals surface area contributed by atoms with Gasteiger partial charge >= 0.3 is 12.0 Å². The molecule has 1 atom stereocenters. The van der Waals surface area contributed by atoms with Crippen molar-refractivity contribution in [1.82, 2.24) is 14.4 Å². The van der Waals surface area contributed by atoms with Gasteiger partial charge in [0.15, 0.2) is 0 Å². The van der Waals surface area contributed by atoms with Gasteiger partial charge in [0.2, 0.25) is 11.9 Å². The minimum atomic E-state index is -0.723. The van der Waals surface area contributed by atoms with Gasteiger partial charge in [-0.3, -0.25) is 14.6 Å². The Hall–Kier alpha value is -3.75. The summed E-state index contributed by atoms with van der Waals surface area (Å²) in [5.41, 5.74) is 1.59. The van der Waals surface area contributed by atoms with Crippen molar-refractivity contribution in [1.29, 1.82) is 0 Å². The maximum Gasteiger partial charge on any atom is 0.402 e. The fraction of sp³-hybridized carbons (Fsp3) is 0.238. The maximum absolute atomic E-state index is 13.3. The lowest BCUT2D eigenvalue weighted by Gasteiger charge is -2.33. The summed E-state index contributed by atoms with van der Waals surface area (Å²) in [7, 11) is 1.61. The van der Waals surface area contributed by atoms with Gasteiger partial charge in [-0.1, -0.05) is 17.1 Å². The number of aromatic nitrogens is 2. The third-order valence-corrected chi connectivity index (χ3v) is 5.47. The van der Waals surface area contributed by atoms with Crippen LogP contribution < -0.4 is 4.57 Å². The van der Waals surface area contributed by atoms with Gasteiger partial charge in [0.1, 0.15) is 30.0 Å². The Bertz CT molecular complexity index is 1180. The molecule has 4 heterocycles. The van der Waals surface area contributed by atoms with Gasteiger partial charge in [0.25, 0.3) is 5.91 Å². The van der Waals surface area contributed by atoms with Crippen LogP contribution in [0.2, 0.25) is 0 Å². The van der Waals surface area contributed by atoms with Crippen LogP contribution in [0.1, 0.15) is 23.1 Å². The van der Waals surface area contributed by atoms with Crippen LogP contribution in [-0.2, 0) is 17.9 Å². The minimum Gasteiger partial charge on any atom is -0.466 e. The summed E-state index contributed by atoms with van der Waals surface area (Å²) in [4.78, 5) is 33.4. The Balaban J connectivity index is 1.50. The highest BCUT2D eigenvalue weighted by molar-refractivity contribution is 6.19. The largest absolute Gasteiger partial charge is 0.466 e. The van der Waals surface area contributed by atoms with Crippen molar-refractivity contribution < 1.29 is 23.0 Å². The third-order valence-electron chi connectivity index (χ3n) is 5.47. The number of hydrogen-bond donors (Lipinski definition) is 0. The van der Waals surface area contributed by atoms with Gasteiger partial charge < -0.3 is 4.42 Å². The molecule has 5 rings (SSSR count). The predicted octanol–water partition coefficient (Wildman–Crippen LogP) is 2.54. The molecule has 0 saturated carbocycles. The van der Waals surface area contributed by atoms with Crippen molar-refractivity contribution >= 4 is 23.7 Å². The molecule has 152 valence electrons. The van der Waals surface area contributed by atoms with Crippen LogP contribution in [0, 0.1) is 12.7 Å². The molecule has 8 nitrogen and oxygen atoms in total. The molecule has 1 aromatic carbocycles. The van der Waals surface area contributed by atoms with Gasteiger partial charge in [-0.05, 0) is 36.8 Å². The summed E-state index contributed by atoms with van der Waals surface area (Å²) in [6.45, 7) is 2.46. The van der Waals surface area contributed by atoms with E-state index >= 15 is 0 Å². The number of likely N-dealkylation sites (N-methyl/N-ethyl adjacent to an activating group) is 1. The number of carbonyl (C=O) groups is 2. The van der Waals surface area contributed by atoms with Gasteiger partial charge in [-0.15, -0.1) is 0 Å². The molecule has 2 aromatic heterocycles. The normalized spacial score (nSPS) is 18.0. The van der Waals surface area contributed by atoms with Crippen LogP contribution in [0.5, 0.6) is 0 Å². The Labute approximate surface area is 171 Å². The summed E-state index contributed by atoms with van der Waals surface area (Å²) in [6.07, 6.45) is 3.47. The summed E-state index contributed by atoms with van der Waals surface area (Å²) in [5.74, 6) is 1.01. The number of fused-ring (bicyclic) bond motifs is 3. The van der Waals surface area contributed by atoms with Crippen molar-refractivity contribution in [3.63, 3.8) is 0 Å². The van der Waals surface area contributed by atoms with Crippen LogP contribution in [-0.4, -0.2) is 39.2 Å². The number of imide groups is 1. The number of aliphatic imine (C=N–C) groups is 1. The quantitative estimate of drug-likeness (QED) is 0.623. The van der Waals surface area contributed by atoms with Gasteiger partial charge in [-0.25, -0.2) is 18.3 Å². The number of hydrogen-bond acceptors (Lipinski definition) is 4. The van der Waals surface area contributed by atoms with Crippen molar-refractivity contribution in [2.75, 3.05) is 7.05 Å². The standard InChI is InChI=1S/C21H19FN5O3/c1-13-10-26-17-18(23-20(26)25(13)12-16-4-3-9-30-16)24(2)21(29)27(19(17)28)11-14-5-7-15(22)8-6-14/h3-10,17H,11-12H2,1-2H3/q+1. The van der Waals surface area contributed by atoms with E-state index in [1.807, 2.05) is 29.8 Å². The monoisotopic (exact) mass is 408 g/mol. The highest BCUT2D eigenvalue weighted by Crippen LogP contribution is 2.30. The lowest BCUT2D eigenvalue weighted by atomic mass is 10.1. The van der Waals surface area contributed by atoms with Crippen LogP contribution in [0.3, 0.4) is 0 Å². The Morgan fingerprint density at radius 1 is 1.17 bits per heavy atom. The number of urea groups is 1. The fourth-order valence-corrected chi connectivity index (χ4v) is 3.90. The zero-order valence-electron chi connectivity index (χ0n) is 16.4. The van der Waals surface area contributed by atoms with E-state index in [1.54, 1.807) is 30.0 Å². The molecular formula is C21H19FN5O3+. The predicted molar refractivity (Wildman–Crippen MR) is 103 cm³/mol. The number of benzene rings is 1. The van der Waals surface area contributed by atoms with E-state index in [0.29, 0.717) is 23.9 Å². The molecule has 2 aliphatic heterocycles. The molecule has 0 aliphatic carbocycles. The smallest absolute Gasteiger partial charge is 0.402 e. The highest BCUT2D eigenvalue weighted by atomic mass is 19.1. The van der Waals surface area contributed by atoms with Crippen LogP contribution in [0.4, 0.5) is 15.1 Å². The first kappa shape index (κ1) is 18.3. The Morgan fingerprint density at radius 2 is 1.93 bits per heavy atom.